The van der Waals surface area contributed by atoms with Crippen molar-refractivity contribution in [2.75, 3.05) is 4.90 Å². The standard InChI is InChI=1S/C34H23N2O/c1-19-20-9-4-5-12-24(20)36-26-14-8-15-27-31(26)34(33(19)36)32-28(37-27)17-16-23-21-10-2-3-11-22(21)29(30(23)32)25-13-6-7-18-35(25)34/h2-19,29,33H,1H3/q+1. The van der Waals surface area contributed by atoms with Gasteiger partial charge in [-0.2, -0.15) is 4.57 Å². The number of benzene rings is 4. The zero-order chi connectivity index (χ0) is 24.0. The fourth-order valence-electron chi connectivity index (χ4n) is 8.66. The number of para-hydroxylation sites is 1. The van der Waals surface area contributed by atoms with Gasteiger partial charge in [-0.1, -0.05) is 67.6 Å². The van der Waals surface area contributed by atoms with Gasteiger partial charge >= 0.3 is 0 Å². The van der Waals surface area contributed by atoms with Gasteiger partial charge in [-0.25, -0.2) is 0 Å². The summed E-state index contributed by atoms with van der Waals surface area (Å²) in [6, 6.07) is 36.1. The van der Waals surface area contributed by atoms with Crippen molar-refractivity contribution >= 4 is 11.4 Å². The summed E-state index contributed by atoms with van der Waals surface area (Å²) in [5.41, 5.74) is 13.3. The van der Waals surface area contributed by atoms with Crippen LogP contribution in [0.25, 0.3) is 11.1 Å². The molecule has 0 bridgehead atoms. The van der Waals surface area contributed by atoms with Crippen molar-refractivity contribution in [2.24, 2.45) is 0 Å². The average Bonchev–Trinajstić information content (AvgIpc) is 3.55. The number of hydrogen-bond donors (Lipinski definition) is 0. The molecule has 4 aliphatic heterocycles. The predicted molar refractivity (Wildman–Crippen MR) is 143 cm³/mol. The van der Waals surface area contributed by atoms with Crippen LogP contribution in [0.15, 0.2) is 103 Å². The van der Waals surface area contributed by atoms with Crippen molar-refractivity contribution in [2.45, 2.75) is 30.3 Å². The summed E-state index contributed by atoms with van der Waals surface area (Å²) >= 11 is 0. The SMILES string of the molecule is CC1c2ccccc2N2c3cccc4c3C3(c5c(ccc6c5C(c5ccccc5-6)c5cccc[n+]53)O4)C12. The van der Waals surface area contributed by atoms with Gasteiger partial charge in [0.25, 0.3) is 0 Å². The molecule has 0 saturated heterocycles. The summed E-state index contributed by atoms with van der Waals surface area (Å²) in [4.78, 5) is 2.63. The first-order valence-electron chi connectivity index (χ1n) is 13.3. The highest BCUT2D eigenvalue weighted by Gasteiger charge is 2.71. The number of aromatic nitrogens is 1. The van der Waals surface area contributed by atoms with Crippen LogP contribution in [0, 0.1) is 0 Å². The summed E-state index contributed by atoms with van der Waals surface area (Å²) in [6.07, 6.45) is 2.33. The first-order chi connectivity index (χ1) is 18.3. The van der Waals surface area contributed by atoms with E-state index in [0.717, 1.165) is 11.5 Å². The average molecular weight is 476 g/mol. The summed E-state index contributed by atoms with van der Waals surface area (Å²) in [5.74, 6) is 2.55. The van der Waals surface area contributed by atoms with Crippen LogP contribution in [-0.4, -0.2) is 6.04 Å². The van der Waals surface area contributed by atoms with E-state index in [0.29, 0.717) is 5.92 Å². The van der Waals surface area contributed by atoms with Crippen molar-refractivity contribution in [1.82, 2.24) is 0 Å². The van der Waals surface area contributed by atoms with Gasteiger partial charge in [0.05, 0.1) is 22.7 Å². The number of fused-ring (bicyclic) bond motifs is 9. The molecule has 4 atom stereocenters. The topological polar surface area (TPSA) is 16.4 Å². The van der Waals surface area contributed by atoms with Gasteiger partial charge in [0.15, 0.2) is 11.9 Å². The molecule has 0 radical (unpaired) electrons. The Hall–Kier alpha value is -4.37. The molecule has 0 saturated carbocycles. The zero-order valence-corrected chi connectivity index (χ0v) is 20.3. The minimum absolute atomic E-state index is 0.207. The monoisotopic (exact) mass is 475 g/mol. The maximum Gasteiger partial charge on any atom is 0.249 e. The molecule has 174 valence electrons. The quantitative estimate of drug-likeness (QED) is 0.220. The third-order valence-electron chi connectivity index (χ3n) is 9.74. The fraction of sp³-hybridized carbons (Fsp3) is 0.147. The van der Waals surface area contributed by atoms with Crippen LogP contribution in [-0.2, 0) is 5.54 Å². The summed E-state index contributed by atoms with van der Waals surface area (Å²) in [7, 11) is 0. The highest BCUT2D eigenvalue weighted by molar-refractivity contribution is 5.90. The molecule has 1 aromatic heterocycles. The van der Waals surface area contributed by atoms with Crippen molar-refractivity contribution in [3.8, 4) is 22.6 Å². The molecule has 37 heavy (non-hydrogen) atoms. The van der Waals surface area contributed by atoms with Crippen LogP contribution in [0.3, 0.4) is 0 Å². The highest BCUT2D eigenvalue weighted by Crippen LogP contribution is 2.68. The first kappa shape index (κ1) is 18.8. The van der Waals surface area contributed by atoms with Crippen LogP contribution >= 0.6 is 0 Å². The lowest BCUT2D eigenvalue weighted by molar-refractivity contribution is -0.755. The molecule has 0 amide bonds. The predicted octanol–water partition coefficient (Wildman–Crippen LogP) is 6.98. The second kappa shape index (κ2) is 5.95. The van der Waals surface area contributed by atoms with Gasteiger partial charge in [-0.3, -0.25) is 0 Å². The Balaban J connectivity index is 1.43. The van der Waals surface area contributed by atoms with E-state index in [1.165, 1.54) is 56.0 Å². The van der Waals surface area contributed by atoms with Crippen LogP contribution in [0.1, 0.15) is 52.3 Å². The van der Waals surface area contributed by atoms with Crippen molar-refractivity contribution < 1.29 is 9.30 Å². The largest absolute Gasteiger partial charge is 0.456 e. The zero-order valence-electron chi connectivity index (χ0n) is 20.3. The number of nitrogens with zero attached hydrogens (tertiary/aromatic N) is 2. The molecule has 4 unspecified atom stereocenters. The van der Waals surface area contributed by atoms with Crippen molar-refractivity contribution in [3.63, 3.8) is 0 Å². The van der Waals surface area contributed by atoms with E-state index in [-0.39, 0.29) is 17.5 Å². The van der Waals surface area contributed by atoms with Gasteiger partial charge < -0.3 is 9.64 Å². The molecule has 10 rings (SSSR count). The van der Waals surface area contributed by atoms with Crippen LogP contribution in [0.5, 0.6) is 11.5 Å². The lowest BCUT2D eigenvalue weighted by Crippen LogP contribution is -2.69. The Kier molecular flexibility index (Phi) is 3.03. The van der Waals surface area contributed by atoms with E-state index in [9.17, 15) is 0 Å². The number of ether oxygens (including phenoxy) is 1. The van der Waals surface area contributed by atoms with Crippen LogP contribution in [0.2, 0.25) is 0 Å². The highest BCUT2D eigenvalue weighted by atomic mass is 16.5. The molecule has 5 aliphatic rings. The van der Waals surface area contributed by atoms with E-state index < -0.39 is 0 Å². The minimum atomic E-state index is -0.377. The maximum atomic E-state index is 6.80. The van der Waals surface area contributed by atoms with Gasteiger partial charge in [0.1, 0.15) is 17.5 Å². The van der Waals surface area contributed by atoms with Crippen LogP contribution in [0.4, 0.5) is 11.4 Å². The minimum Gasteiger partial charge on any atom is -0.456 e. The first-order valence-corrected chi connectivity index (χ1v) is 13.3. The van der Waals surface area contributed by atoms with Gasteiger partial charge in [-0.05, 0) is 52.1 Å². The normalized spacial score (nSPS) is 25.4. The second-order valence-electron chi connectivity index (χ2n) is 11.1. The number of hydrogen-bond acceptors (Lipinski definition) is 2. The van der Waals surface area contributed by atoms with Crippen molar-refractivity contribution in [1.29, 1.82) is 0 Å². The molecular weight excluding hydrogens is 452 g/mol. The molecule has 0 fully saturated rings. The maximum absolute atomic E-state index is 6.80. The second-order valence-corrected chi connectivity index (χ2v) is 11.1. The van der Waals surface area contributed by atoms with Gasteiger partial charge in [-0.15, -0.1) is 0 Å². The Morgan fingerprint density at radius 1 is 0.703 bits per heavy atom. The Bertz CT molecular complexity index is 1870. The Morgan fingerprint density at radius 2 is 1.49 bits per heavy atom. The number of pyridine rings is 1. The molecule has 5 aromatic rings. The summed E-state index contributed by atoms with van der Waals surface area (Å²) in [5, 5.41) is 0. The van der Waals surface area contributed by atoms with E-state index in [1.54, 1.807) is 0 Å². The Morgan fingerprint density at radius 3 is 2.43 bits per heavy atom. The molecule has 3 heteroatoms. The molecule has 3 nitrogen and oxygen atoms in total. The summed E-state index contributed by atoms with van der Waals surface area (Å²) in [6.45, 7) is 2.42. The molecule has 5 heterocycles. The summed E-state index contributed by atoms with van der Waals surface area (Å²) < 4.78 is 9.44. The van der Waals surface area contributed by atoms with Crippen LogP contribution < -0.4 is 14.2 Å². The van der Waals surface area contributed by atoms with E-state index in [2.05, 4.69) is 120 Å². The van der Waals surface area contributed by atoms with Crippen molar-refractivity contribution in [3.05, 3.63) is 137 Å². The third kappa shape index (κ3) is 1.82. The molecule has 1 spiro atoms. The molecular formula is C34H23N2O+. The fourth-order valence-corrected chi connectivity index (χ4v) is 8.66. The van der Waals surface area contributed by atoms with E-state index in [4.69, 9.17) is 4.74 Å². The smallest absolute Gasteiger partial charge is 0.249 e. The molecule has 1 aliphatic carbocycles. The van der Waals surface area contributed by atoms with Gasteiger partial charge in [0, 0.05) is 23.7 Å². The molecule has 4 aromatic carbocycles. The molecule has 0 N–H and O–H groups in total. The third-order valence-corrected chi connectivity index (χ3v) is 9.74. The Labute approximate surface area is 215 Å². The van der Waals surface area contributed by atoms with Gasteiger partial charge in [0.2, 0.25) is 5.54 Å². The van der Waals surface area contributed by atoms with E-state index >= 15 is 0 Å². The lowest BCUT2D eigenvalue weighted by atomic mass is 9.66. The van der Waals surface area contributed by atoms with E-state index in [1.807, 2.05) is 0 Å². The lowest BCUT2D eigenvalue weighted by Gasteiger charge is -2.43. The number of anilines is 2. The number of rotatable bonds is 0.